The first-order valence-electron chi connectivity index (χ1n) is 14.1. The lowest BCUT2D eigenvalue weighted by Gasteiger charge is -2.34. The number of nitrogens with zero attached hydrogens (tertiary/aromatic N) is 7. The Morgan fingerprint density at radius 2 is 1.93 bits per heavy atom. The van der Waals surface area contributed by atoms with Gasteiger partial charge in [0.15, 0.2) is 0 Å². The number of thiazole rings is 1. The second kappa shape index (κ2) is 11.0. The fraction of sp³-hybridized carbons (Fsp3) is 0.433. The van der Waals surface area contributed by atoms with Gasteiger partial charge in [0.1, 0.15) is 16.6 Å². The maximum Gasteiger partial charge on any atom is 0.253 e. The molecule has 1 aromatic carbocycles. The number of benzene rings is 1. The van der Waals surface area contributed by atoms with Crippen molar-refractivity contribution in [3.05, 3.63) is 53.3 Å². The summed E-state index contributed by atoms with van der Waals surface area (Å²) in [5, 5.41) is 13.6. The first kappa shape index (κ1) is 27.5. The Kier molecular flexibility index (Phi) is 7.35. The van der Waals surface area contributed by atoms with Gasteiger partial charge in [0, 0.05) is 81.0 Å². The molecular formula is C30H36N8O2S. The van der Waals surface area contributed by atoms with Gasteiger partial charge >= 0.3 is 0 Å². The highest BCUT2D eigenvalue weighted by atomic mass is 32.1. The number of carbonyl (C=O) groups is 1. The van der Waals surface area contributed by atoms with E-state index in [9.17, 15) is 9.90 Å². The van der Waals surface area contributed by atoms with E-state index in [2.05, 4.69) is 40.0 Å². The van der Waals surface area contributed by atoms with Crippen molar-refractivity contribution >= 4 is 45.0 Å². The number of anilines is 3. The number of rotatable bonds is 8. The van der Waals surface area contributed by atoms with Crippen LogP contribution in [0.15, 0.2) is 36.5 Å². The summed E-state index contributed by atoms with van der Waals surface area (Å²) in [7, 11) is 3.54. The van der Waals surface area contributed by atoms with Crippen molar-refractivity contribution in [3.63, 3.8) is 0 Å². The van der Waals surface area contributed by atoms with Crippen LogP contribution in [0.3, 0.4) is 0 Å². The third-order valence-corrected chi connectivity index (χ3v) is 8.95. The molecule has 11 heteroatoms. The summed E-state index contributed by atoms with van der Waals surface area (Å²) in [6, 6.07) is 10.7. The number of aliphatic hydroxyl groups excluding tert-OH is 1. The predicted molar refractivity (Wildman–Crippen MR) is 163 cm³/mol. The molecule has 0 radical (unpaired) electrons. The first-order valence-corrected chi connectivity index (χ1v) is 14.9. The molecule has 10 nitrogen and oxygen atoms in total. The fourth-order valence-electron chi connectivity index (χ4n) is 5.79. The number of hydrogen-bond donors (Lipinski definition) is 2. The quantitative estimate of drug-likeness (QED) is 0.320. The maximum atomic E-state index is 12.8. The van der Waals surface area contributed by atoms with Crippen LogP contribution in [0, 0.1) is 6.92 Å². The Morgan fingerprint density at radius 3 is 2.63 bits per heavy atom. The number of carbonyl (C=O) groups excluding carboxylic acids is 1. The molecule has 41 heavy (non-hydrogen) atoms. The number of piperazine rings is 1. The molecule has 3 aromatic heterocycles. The number of pyridine rings is 1. The lowest BCUT2D eigenvalue weighted by Crippen LogP contribution is -2.47. The van der Waals surface area contributed by atoms with Crippen LogP contribution in [0.2, 0.25) is 0 Å². The summed E-state index contributed by atoms with van der Waals surface area (Å²) < 4.78 is 0.973. The lowest BCUT2D eigenvalue weighted by atomic mass is 9.97. The van der Waals surface area contributed by atoms with E-state index in [1.807, 2.05) is 37.4 Å². The van der Waals surface area contributed by atoms with Crippen LogP contribution in [0.1, 0.15) is 47.8 Å². The van der Waals surface area contributed by atoms with Crippen LogP contribution in [0.25, 0.3) is 20.8 Å². The number of aromatic nitrogens is 4. The summed E-state index contributed by atoms with van der Waals surface area (Å²) >= 11 is 1.57. The van der Waals surface area contributed by atoms with Crippen LogP contribution in [0.5, 0.6) is 0 Å². The minimum absolute atomic E-state index is 0.0215. The van der Waals surface area contributed by atoms with Crippen LogP contribution in [0.4, 0.5) is 17.6 Å². The highest BCUT2D eigenvalue weighted by Gasteiger charge is 2.44. The van der Waals surface area contributed by atoms with Gasteiger partial charge in [-0.3, -0.25) is 9.69 Å². The fourth-order valence-corrected chi connectivity index (χ4v) is 6.69. The molecule has 2 N–H and O–H groups in total. The highest BCUT2D eigenvalue weighted by molar-refractivity contribution is 7.21. The van der Waals surface area contributed by atoms with E-state index in [1.165, 1.54) is 0 Å². The van der Waals surface area contributed by atoms with Crippen molar-refractivity contribution < 1.29 is 9.90 Å². The number of amides is 1. The zero-order valence-corrected chi connectivity index (χ0v) is 24.9. The third-order valence-electron chi connectivity index (χ3n) is 7.89. The first-order chi connectivity index (χ1) is 19.7. The number of aryl methyl sites for hydroxylation is 1. The standard InChI is InChI=1S/C30H36N8O2S/c1-17(2)19-9-20(11-21(10-19)29(40)36(4)5)28-33-24-13-26(31-14-25(24)41-28)34-27-8-18(3)32-30(35-27)38-16-22-12-23(38)15-37(22)6-7-39/h8-11,13-14,17,22-23,39H,6-7,12,15-16H2,1-5H3,(H,31,32,34,35)/t22-,23-/m0/s1. The van der Waals surface area contributed by atoms with Gasteiger partial charge in [-0.1, -0.05) is 13.8 Å². The number of fused-ring (bicyclic) bond motifs is 3. The Hall–Kier alpha value is -3.67. The summed E-state index contributed by atoms with van der Waals surface area (Å²) in [5.74, 6) is 2.35. The Labute approximate surface area is 244 Å². The molecule has 0 spiro atoms. The van der Waals surface area contributed by atoms with E-state index in [0.717, 1.165) is 64.0 Å². The number of aliphatic hydroxyl groups is 1. The van der Waals surface area contributed by atoms with E-state index >= 15 is 0 Å². The van der Waals surface area contributed by atoms with Crippen LogP contribution >= 0.6 is 11.3 Å². The molecule has 214 valence electrons. The molecule has 0 aliphatic carbocycles. The number of hydrogen-bond acceptors (Lipinski definition) is 10. The lowest BCUT2D eigenvalue weighted by molar-refractivity contribution is 0.0827. The Balaban J connectivity index is 1.25. The van der Waals surface area contributed by atoms with Crippen LogP contribution < -0.4 is 10.2 Å². The normalized spacial score (nSPS) is 18.6. The SMILES string of the molecule is Cc1cc(Nc2cc3nc(-c4cc(C(=O)N(C)C)cc(C(C)C)c4)sc3cn2)nc(N2C[C@@H]3C[C@H]2CN3CCO)n1. The number of β-amino-alcohol motifs (C(OH)–C–C–N with tert-alkyl or cyclic N) is 1. The molecule has 5 heterocycles. The van der Waals surface area contributed by atoms with Crippen molar-refractivity contribution in [1.82, 2.24) is 29.7 Å². The van der Waals surface area contributed by atoms with Gasteiger partial charge in [-0.15, -0.1) is 11.3 Å². The summed E-state index contributed by atoms with van der Waals surface area (Å²) in [6.07, 6.45) is 2.91. The molecule has 2 aliphatic heterocycles. The van der Waals surface area contributed by atoms with Gasteiger partial charge in [-0.05, 0) is 43.0 Å². The molecule has 2 saturated heterocycles. The van der Waals surface area contributed by atoms with Gasteiger partial charge in [0.25, 0.3) is 5.91 Å². The molecule has 4 aromatic rings. The molecule has 1 amide bonds. The van der Waals surface area contributed by atoms with Gasteiger partial charge in [-0.2, -0.15) is 4.98 Å². The van der Waals surface area contributed by atoms with Gasteiger partial charge in [0.2, 0.25) is 5.95 Å². The number of nitrogens with one attached hydrogen (secondary N) is 1. The molecule has 0 unspecified atom stereocenters. The van der Waals surface area contributed by atoms with Gasteiger partial charge < -0.3 is 20.2 Å². The van der Waals surface area contributed by atoms with E-state index in [1.54, 1.807) is 30.3 Å². The van der Waals surface area contributed by atoms with Crippen molar-refractivity contribution in [3.8, 4) is 10.6 Å². The van der Waals surface area contributed by atoms with Crippen molar-refractivity contribution in [2.24, 2.45) is 0 Å². The van der Waals surface area contributed by atoms with Crippen molar-refractivity contribution in [1.29, 1.82) is 0 Å². The smallest absolute Gasteiger partial charge is 0.253 e. The van der Waals surface area contributed by atoms with Crippen molar-refractivity contribution in [2.75, 3.05) is 50.6 Å². The monoisotopic (exact) mass is 572 g/mol. The topological polar surface area (TPSA) is 111 Å². The second-order valence-electron chi connectivity index (χ2n) is 11.5. The molecule has 2 bridgehead atoms. The molecule has 0 saturated carbocycles. The van der Waals surface area contributed by atoms with E-state index < -0.39 is 0 Å². The van der Waals surface area contributed by atoms with E-state index in [4.69, 9.17) is 15.0 Å². The maximum absolute atomic E-state index is 12.8. The second-order valence-corrected chi connectivity index (χ2v) is 12.5. The van der Waals surface area contributed by atoms with Crippen molar-refractivity contribution in [2.45, 2.75) is 45.2 Å². The molecule has 6 rings (SSSR count). The summed E-state index contributed by atoms with van der Waals surface area (Å²) in [4.78, 5) is 38.2. The highest BCUT2D eigenvalue weighted by Crippen LogP contribution is 2.35. The van der Waals surface area contributed by atoms with E-state index in [0.29, 0.717) is 29.3 Å². The number of likely N-dealkylation sites (tertiary alicyclic amines) is 1. The van der Waals surface area contributed by atoms with Gasteiger partial charge in [-0.25, -0.2) is 15.0 Å². The average molecular weight is 573 g/mol. The summed E-state index contributed by atoms with van der Waals surface area (Å²) in [6.45, 7) is 8.96. The Bertz CT molecular complexity index is 1600. The molecule has 2 aliphatic rings. The van der Waals surface area contributed by atoms with Gasteiger partial charge in [0.05, 0.1) is 16.8 Å². The molecular weight excluding hydrogens is 536 g/mol. The largest absolute Gasteiger partial charge is 0.395 e. The third kappa shape index (κ3) is 5.49. The zero-order valence-electron chi connectivity index (χ0n) is 24.1. The molecule has 2 atom stereocenters. The summed E-state index contributed by atoms with van der Waals surface area (Å²) in [5.41, 5.74) is 4.43. The minimum Gasteiger partial charge on any atom is -0.395 e. The minimum atomic E-state index is -0.0215. The predicted octanol–water partition coefficient (Wildman–Crippen LogP) is 4.28. The zero-order chi connectivity index (χ0) is 28.8. The van der Waals surface area contributed by atoms with Crippen LogP contribution in [-0.4, -0.2) is 93.2 Å². The molecule has 2 fully saturated rings. The average Bonchev–Trinajstić information content (AvgIpc) is 3.66. The van der Waals surface area contributed by atoms with Crippen LogP contribution in [-0.2, 0) is 0 Å². The van der Waals surface area contributed by atoms with E-state index in [-0.39, 0.29) is 18.4 Å². The Morgan fingerprint density at radius 1 is 1.10 bits per heavy atom.